The van der Waals surface area contributed by atoms with Gasteiger partial charge in [0.05, 0.1) is 12.0 Å². The summed E-state index contributed by atoms with van der Waals surface area (Å²) in [5, 5.41) is 3.42. The number of fused-ring (bicyclic) bond motifs is 3. The first-order valence-electron chi connectivity index (χ1n) is 4.51. The van der Waals surface area contributed by atoms with Gasteiger partial charge in [-0.2, -0.15) is 0 Å². The minimum absolute atomic E-state index is 0.698. The maximum atomic E-state index is 5.87. The van der Waals surface area contributed by atoms with Crippen LogP contribution in [0, 0.1) is 0 Å². The van der Waals surface area contributed by atoms with Crippen molar-refractivity contribution in [2.45, 2.75) is 0 Å². The summed E-state index contributed by atoms with van der Waals surface area (Å²) in [4.78, 5) is 0. The van der Waals surface area contributed by atoms with Crippen molar-refractivity contribution >= 4 is 27.4 Å². The maximum Gasteiger partial charge on any atom is 0.157 e. The topological polar surface area (TPSA) is 39.2 Å². The average Bonchev–Trinajstić information content (AvgIpc) is 2.67. The van der Waals surface area contributed by atoms with Crippen LogP contribution >= 0.6 is 0 Å². The molecule has 2 nitrogen and oxygen atoms in total. The zero-order chi connectivity index (χ0) is 9.54. The van der Waals surface area contributed by atoms with Gasteiger partial charge in [0.15, 0.2) is 5.58 Å². The Kier molecular flexibility index (Phi) is 1.34. The predicted octanol–water partition coefficient (Wildman–Crippen LogP) is 3.17. The van der Waals surface area contributed by atoms with Gasteiger partial charge in [-0.3, -0.25) is 0 Å². The number of nitrogens with two attached hydrogens (primary N) is 1. The van der Waals surface area contributed by atoms with Gasteiger partial charge in [0.25, 0.3) is 0 Å². The summed E-state index contributed by atoms with van der Waals surface area (Å²) < 4.78 is 5.33. The second-order valence-corrected chi connectivity index (χ2v) is 3.35. The van der Waals surface area contributed by atoms with Crippen LogP contribution in [0.4, 0.5) is 5.69 Å². The maximum absolute atomic E-state index is 5.87. The average molecular weight is 183 g/mol. The highest BCUT2D eigenvalue weighted by molar-refractivity contribution is 6.10. The molecule has 0 fully saturated rings. The summed E-state index contributed by atoms with van der Waals surface area (Å²) in [5.74, 6) is 0. The van der Waals surface area contributed by atoms with Crippen LogP contribution in [0.25, 0.3) is 21.7 Å². The molecule has 3 rings (SSSR count). The third kappa shape index (κ3) is 0.852. The van der Waals surface area contributed by atoms with Crippen molar-refractivity contribution < 1.29 is 4.42 Å². The van der Waals surface area contributed by atoms with Crippen LogP contribution in [0.5, 0.6) is 0 Å². The van der Waals surface area contributed by atoms with E-state index >= 15 is 0 Å². The molecule has 68 valence electrons. The van der Waals surface area contributed by atoms with Crippen LogP contribution in [-0.2, 0) is 0 Å². The molecule has 2 N–H and O–H groups in total. The molecule has 0 spiro atoms. The van der Waals surface area contributed by atoms with E-state index < -0.39 is 0 Å². The molecule has 0 aliphatic heterocycles. The Balaban J connectivity index is 2.66. The van der Waals surface area contributed by atoms with E-state index in [9.17, 15) is 0 Å². The van der Waals surface area contributed by atoms with Gasteiger partial charge >= 0.3 is 0 Å². The molecule has 0 radical (unpaired) electrons. The fraction of sp³-hybridized carbons (Fsp3) is 0. The fourth-order valence-corrected chi connectivity index (χ4v) is 1.85. The Bertz CT molecular complexity index is 610. The summed E-state index contributed by atoms with van der Waals surface area (Å²) in [5.41, 5.74) is 7.35. The Labute approximate surface area is 80.9 Å². The molecule has 0 saturated carbocycles. The van der Waals surface area contributed by atoms with Crippen molar-refractivity contribution in [3.63, 3.8) is 0 Å². The molecule has 0 bridgehead atoms. The number of hydrogen-bond donors (Lipinski definition) is 1. The third-order valence-electron chi connectivity index (χ3n) is 2.49. The quantitative estimate of drug-likeness (QED) is 0.544. The van der Waals surface area contributed by atoms with E-state index in [0.717, 1.165) is 16.4 Å². The molecule has 2 aromatic carbocycles. The van der Waals surface area contributed by atoms with Crippen LogP contribution in [0.15, 0.2) is 47.1 Å². The van der Waals surface area contributed by atoms with Gasteiger partial charge in [0.1, 0.15) is 0 Å². The van der Waals surface area contributed by atoms with Crippen molar-refractivity contribution in [1.82, 2.24) is 0 Å². The molecule has 0 unspecified atom stereocenters. The first-order valence-corrected chi connectivity index (χ1v) is 4.51. The minimum atomic E-state index is 0.698. The molecule has 0 amide bonds. The Hall–Kier alpha value is -1.96. The lowest BCUT2D eigenvalue weighted by Crippen LogP contribution is -1.85. The van der Waals surface area contributed by atoms with Crippen LogP contribution in [0.2, 0.25) is 0 Å². The molecule has 3 aromatic rings. The van der Waals surface area contributed by atoms with Gasteiger partial charge in [0.2, 0.25) is 0 Å². The molecule has 0 atom stereocenters. The van der Waals surface area contributed by atoms with Crippen molar-refractivity contribution in [3.05, 3.63) is 42.7 Å². The summed E-state index contributed by atoms with van der Waals surface area (Å²) >= 11 is 0. The van der Waals surface area contributed by atoms with Crippen molar-refractivity contribution in [3.8, 4) is 0 Å². The zero-order valence-corrected chi connectivity index (χ0v) is 7.53. The molecule has 2 heteroatoms. The molecular weight excluding hydrogens is 174 g/mol. The summed E-state index contributed by atoms with van der Waals surface area (Å²) in [6, 6.07) is 12.1. The fourth-order valence-electron chi connectivity index (χ4n) is 1.85. The van der Waals surface area contributed by atoms with Crippen molar-refractivity contribution in [1.29, 1.82) is 0 Å². The lowest BCUT2D eigenvalue weighted by molar-refractivity contribution is 0.617. The number of furan rings is 1. The van der Waals surface area contributed by atoms with Crippen LogP contribution < -0.4 is 5.73 Å². The van der Waals surface area contributed by atoms with Crippen molar-refractivity contribution in [2.24, 2.45) is 0 Å². The van der Waals surface area contributed by atoms with Crippen LogP contribution in [0.3, 0.4) is 0 Å². The molecule has 0 saturated heterocycles. The number of anilines is 1. The molecule has 14 heavy (non-hydrogen) atoms. The first-order chi connectivity index (χ1) is 6.86. The molecule has 1 heterocycles. The number of nitrogen functional groups attached to an aromatic ring is 1. The molecule has 1 aromatic heterocycles. The largest absolute Gasteiger partial charge is 0.462 e. The van der Waals surface area contributed by atoms with Gasteiger partial charge in [0, 0.05) is 5.39 Å². The van der Waals surface area contributed by atoms with E-state index in [4.69, 9.17) is 10.2 Å². The third-order valence-corrected chi connectivity index (χ3v) is 2.49. The van der Waals surface area contributed by atoms with Gasteiger partial charge < -0.3 is 10.2 Å². The normalized spacial score (nSPS) is 11.1. The highest BCUT2D eigenvalue weighted by atomic mass is 16.3. The highest BCUT2D eigenvalue weighted by Crippen LogP contribution is 2.30. The van der Waals surface area contributed by atoms with Gasteiger partial charge in [-0.05, 0) is 22.9 Å². The standard InChI is InChI=1S/C12H9NO/c13-11-7-8-3-1-2-4-9(8)10-5-6-14-12(10)11/h1-7H,13H2. The van der Waals surface area contributed by atoms with E-state index in [0.29, 0.717) is 5.69 Å². The smallest absolute Gasteiger partial charge is 0.157 e. The molecule has 0 aliphatic rings. The molecule has 0 aliphatic carbocycles. The Morgan fingerprint density at radius 1 is 1.00 bits per heavy atom. The highest BCUT2D eigenvalue weighted by Gasteiger charge is 2.05. The van der Waals surface area contributed by atoms with E-state index in [-0.39, 0.29) is 0 Å². The van der Waals surface area contributed by atoms with Gasteiger partial charge in [-0.15, -0.1) is 0 Å². The van der Waals surface area contributed by atoms with Gasteiger partial charge in [-0.1, -0.05) is 24.3 Å². The SMILES string of the molecule is Nc1cc2ccccc2c2ccoc12. The second kappa shape index (κ2) is 2.51. The number of rotatable bonds is 0. The minimum Gasteiger partial charge on any atom is -0.462 e. The van der Waals surface area contributed by atoms with Crippen LogP contribution in [-0.4, -0.2) is 0 Å². The summed E-state index contributed by atoms with van der Waals surface area (Å²) in [7, 11) is 0. The second-order valence-electron chi connectivity index (χ2n) is 3.35. The molecular formula is C12H9NO. The summed E-state index contributed by atoms with van der Waals surface area (Å²) in [6.45, 7) is 0. The lowest BCUT2D eigenvalue weighted by atomic mass is 10.1. The Morgan fingerprint density at radius 3 is 2.79 bits per heavy atom. The zero-order valence-electron chi connectivity index (χ0n) is 7.53. The van der Waals surface area contributed by atoms with E-state index in [1.54, 1.807) is 6.26 Å². The first kappa shape index (κ1) is 7.44. The van der Waals surface area contributed by atoms with E-state index in [1.165, 1.54) is 5.39 Å². The predicted molar refractivity (Wildman–Crippen MR) is 58.1 cm³/mol. The number of benzene rings is 2. The van der Waals surface area contributed by atoms with Gasteiger partial charge in [-0.25, -0.2) is 0 Å². The van der Waals surface area contributed by atoms with Crippen molar-refractivity contribution in [2.75, 3.05) is 5.73 Å². The van der Waals surface area contributed by atoms with Crippen LogP contribution in [0.1, 0.15) is 0 Å². The monoisotopic (exact) mass is 183 g/mol. The Morgan fingerprint density at radius 2 is 1.86 bits per heavy atom. The lowest BCUT2D eigenvalue weighted by Gasteiger charge is -2.00. The number of hydrogen-bond acceptors (Lipinski definition) is 2. The van der Waals surface area contributed by atoms with E-state index in [1.807, 2.05) is 24.3 Å². The van der Waals surface area contributed by atoms with E-state index in [2.05, 4.69) is 12.1 Å². The summed E-state index contributed by atoms with van der Waals surface area (Å²) in [6.07, 6.45) is 1.67.